The second-order valence-electron chi connectivity index (χ2n) is 6.86. The van der Waals surface area contributed by atoms with Crippen LogP contribution in [0.25, 0.3) is 0 Å². The van der Waals surface area contributed by atoms with E-state index in [9.17, 15) is 13.2 Å². The molecule has 1 saturated heterocycles. The molecular weight excluding hydrogens is 414 g/mol. The molecule has 1 heterocycles. The first kappa shape index (κ1) is 21.3. The zero-order valence-corrected chi connectivity index (χ0v) is 17.9. The molecule has 2 N–H and O–H groups in total. The van der Waals surface area contributed by atoms with Gasteiger partial charge in [-0.05, 0) is 55.7 Å². The number of sulfonamides is 1. The third kappa shape index (κ3) is 5.13. The molecule has 9 heteroatoms. The van der Waals surface area contributed by atoms with Crippen LogP contribution in [0.2, 0.25) is 5.02 Å². The Morgan fingerprint density at radius 1 is 1.07 bits per heavy atom. The fourth-order valence-corrected chi connectivity index (χ4v) is 4.61. The molecule has 0 atom stereocenters. The number of nitrogens with one attached hydrogen (secondary N) is 2. The molecule has 29 heavy (non-hydrogen) atoms. The number of carbonyl (C=O) groups is 1. The summed E-state index contributed by atoms with van der Waals surface area (Å²) in [6.45, 7) is 3.08. The molecule has 1 aliphatic heterocycles. The van der Waals surface area contributed by atoms with Gasteiger partial charge in [0.05, 0.1) is 29.1 Å². The van der Waals surface area contributed by atoms with Crippen molar-refractivity contribution in [3.8, 4) is 5.75 Å². The molecule has 7 nitrogen and oxygen atoms in total. The Labute approximate surface area is 176 Å². The predicted octanol–water partition coefficient (Wildman–Crippen LogP) is 4.10. The van der Waals surface area contributed by atoms with Gasteiger partial charge in [-0.25, -0.2) is 8.42 Å². The Balaban J connectivity index is 1.95. The van der Waals surface area contributed by atoms with Gasteiger partial charge in [-0.1, -0.05) is 11.6 Å². The maximum atomic E-state index is 13.1. The van der Waals surface area contributed by atoms with Gasteiger partial charge in [0.2, 0.25) is 5.91 Å². The van der Waals surface area contributed by atoms with E-state index in [4.69, 9.17) is 16.3 Å². The van der Waals surface area contributed by atoms with Crippen molar-refractivity contribution in [1.82, 2.24) is 0 Å². The number of piperidine rings is 1. The third-order valence-electron chi connectivity index (χ3n) is 4.69. The highest BCUT2D eigenvalue weighted by Crippen LogP contribution is 2.34. The van der Waals surface area contributed by atoms with Crippen LogP contribution in [0.1, 0.15) is 26.2 Å². The van der Waals surface area contributed by atoms with Crippen LogP contribution in [0.5, 0.6) is 5.75 Å². The minimum atomic E-state index is -3.92. The molecule has 1 amide bonds. The van der Waals surface area contributed by atoms with Crippen molar-refractivity contribution in [3.05, 3.63) is 41.4 Å². The van der Waals surface area contributed by atoms with E-state index in [2.05, 4.69) is 14.9 Å². The number of hydrogen-bond donors (Lipinski definition) is 2. The SMILES string of the molecule is COc1ccc(S(=O)(=O)Nc2cc(Cl)ccc2N2CCCCC2)cc1NC(C)=O. The van der Waals surface area contributed by atoms with Gasteiger partial charge in [0.15, 0.2) is 0 Å². The lowest BCUT2D eigenvalue weighted by Gasteiger charge is -2.30. The summed E-state index contributed by atoms with van der Waals surface area (Å²) in [5.74, 6) is 0.0453. The topological polar surface area (TPSA) is 87.7 Å². The minimum Gasteiger partial charge on any atom is -0.495 e. The molecule has 156 valence electrons. The first-order valence-electron chi connectivity index (χ1n) is 9.33. The standard InChI is InChI=1S/C20H24ClN3O4S/c1-14(25)22-18-13-16(7-9-20(18)28-2)29(26,27)23-17-12-15(21)6-8-19(17)24-10-4-3-5-11-24/h6-9,12-13,23H,3-5,10-11H2,1-2H3,(H,22,25). The van der Waals surface area contributed by atoms with Gasteiger partial charge < -0.3 is 15.0 Å². The number of ether oxygens (including phenoxy) is 1. The Bertz CT molecular complexity index is 1000. The van der Waals surface area contributed by atoms with E-state index >= 15 is 0 Å². The van der Waals surface area contributed by atoms with Crippen LogP contribution in [-0.2, 0) is 14.8 Å². The van der Waals surface area contributed by atoms with Crippen molar-refractivity contribution in [1.29, 1.82) is 0 Å². The van der Waals surface area contributed by atoms with Crippen molar-refractivity contribution in [2.24, 2.45) is 0 Å². The molecule has 1 fully saturated rings. The van der Waals surface area contributed by atoms with Gasteiger partial charge in [0, 0.05) is 25.0 Å². The molecule has 1 aliphatic rings. The van der Waals surface area contributed by atoms with Gasteiger partial charge in [0.1, 0.15) is 5.75 Å². The number of halogens is 1. The van der Waals surface area contributed by atoms with Crippen molar-refractivity contribution in [3.63, 3.8) is 0 Å². The Kier molecular flexibility index (Phi) is 6.54. The number of methoxy groups -OCH3 is 1. The quantitative estimate of drug-likeness (QED) is 0.710. The van der Waals surface area contributed by atoms with E-state index < -0.39 is 10.0 Å². The molecule has 2 aromatic carbocycles. The van der Waals surface area contributed by atoms with Crippen LogP contribution in [0.4, 0.5) is 17.1 Å². The summed E-state index contributed by atoms with van der Waals surface area (Å²) in [4.78, 5) is 13.6. The number of hydrogen-bond acceptors (Lipinski definition) is 5. The molecule has 0 aromatic heterocycles. The maximum absolute atomic E-state index is 13.1. The van der Waals surface area contributed by atoms with E-state index in [1.165, 1.54) is 38.7 Å². The highest BCUT2D eigenvalue weighted by molar-refractivity contribution is 7.92. The van der Waals surface area contributed by atoms with Crippen LogP contribution in [0.15, 0.2) is 41.3 Å². The van der Waals surface area contributed by atoms with Crippen molar-refractivity contribution in [2.45, 2.75) is 31.1 Å². The third-order valence-corrected chi connectivity index (χ3v) is 6.29. The van der Waals surface area contributed by atoms with Crippen LogP contribution in [-0.4, -0.2) is 34.5 Å². The molecular formula is C20H24ClN3O4S. The fourth-order valence-electron chi connectivity index (χ4n) is 3.35. The Morgan fingerprint density at radius 3 is 2.45 bits per heavy atom. The van der Waals surface area contributed by atoms with E-state index in [0.717, 1.165) is 31.6 Å². The highest BCUT2D eigenvalue weighted by Gasteiger charge is 2.21. The van der Waals surface area contributed by atoms with Crippen LogP contribution in [0, 0.1) is 0 Å². The predicted molar refractivity (Wildman–Crippen MR) is 116 cm³/mol. The zero-order chi connectivity index (χ0) is 21.0. The first-order chi connectivity index (χ1) is 13.8. The summed E-state index contributed by atoms with van der Waals surface area (Å²) in [7, 11) is -2.47. The summed E-state index contributed by atoms with van der Waals surface area (Å²) in [6, 6.07) is 9.50. The number of anilines is 3. The molecule has 0 bridgehead atoms. The lowest BCUT2D eigenvalue weighted by atomic mass is 10.1. The highest BCUT2D eigenvalue weighted by atomic mass is 35.5. The smallest absolute Gasteiger partial charge is 0.262 e. The van der Waals surface area contributed by atoms with Crippen molar-refractivity contribution in [2.75, 3.05) is 35.1 Å². The summed E-state index contributed by atoms with van der Waals surface area (Å²) in [5, 5.41) is 3.03. The number of rotatable bonds is 6. The summed E-state index contributed by atoms with van der Waals surface area (Å²) >= 11 is 6.14. The van der Waals surface area contributed by atoms with Crippen LogP contribution < -0.4 is 19.7 Å². The summed E-state index contributed by atoms with van der Waals surface area (Å²) in [6.07, 6.45) is 3.30. The average Bonchev–Trinajstić information content (AvgIpc) is 2.68. The van der Waals surface area contributed by atoms with E-state index in [1.54, 1.807) is 12.1 Å². The zero-order valence-electron chi connectivity index (χ0n) is 16.4. The van der Waals surface area contributed by atoms with Crippen LogP contribution >= 0.6 is 11.6 Å². The lowest BCUT2D eigenvalue weighted by molar-refractivity contribution is -0.114. The average molecular weight is 438 g/mol. The Morgan fingerprint density at radius 2 is 1.79 bits per heavy atom. The van der Waals surface area contributed by atoms with Crippen LogP contribution in [0.3, 0.4) is 0 Å². The van der Waals surface area contributed by atoms with Gasteiger partial charge in [0.25, 0.3) is 10.0 Å². The maximum Gasteiger partial charge on any atom is 0.262 e. The van der Waals surface area contributed by atoms with Crippen molar-refractivity contribution >= 4 is 44.6 Å². The molecule has 3 rings (SSSR count). The second-order valence-corrected chi connectivity index (χ2v) is 8.98. The normalized spacial score (nSPS) is 14.4. The molecule has 0 unspecified atom stereocenters. The monoisotopic (exact) mass is 437 g/mol. The largest absolute Gasteiger partial charge is 0.495 e. The number of benzene rings is 2. The number of carbonyl (C=O) groups excluding carboxylic acids is 1. The molecule has 0 radical (unpaired) electrons. The van der Waals surface area contributed by atoms with Gasteiger partial charge in [-0.2, -0.15) is 0 Å². The molecule has 0 aliphatic carbocycles. The molecule has 0 saturated carbocycles. The molecule has 2 aromatic rings. The number of amides is 1. The first-order valence-corrected chi connectivity index (χ1v) is 11.2. The van der Waals surface area contributed by atoms with Gasteiger partial charge >= 0.3 is 0 Å². The fraction of sp³-hybridized carbons (Fsp3) is 0.350. The Hall–Kier alpha value is -2.45. The van der Waals surface area contributed by atoms with Crippen molar-refractivity contribution < 1.29 is 17.9 Å². The van der Waals surface area contributed by atoms with Gasteiger partial charge in [-0.15, -0.1) is 0 Å². The minimum absolute atomic E-state index is 0.00613. The van der Waals surface area contributed by atoms with E-state index in [1.807, 2.05) is 6.07 Å². The van der Waals surface area contributed by atoms with E-state index in [-0.39, 0.29) is 16.5 Å². The number of nitrogens with zero attached hydrogens (tertiary/aromatic N) is 1. The summed E-state index contributed by atoms with van der Waals surface area (Å²) < 4.78 is 34.0. The van der Waals surface area contributed by atoms with Gasteiger partial charge in [-0.3, -0.25) is 9.52 Å². The lowest BCUT2D eigenvalue weighted by Crippen LogP contribution is -2.30. The molecule has 0 spiro atoms. The van der Waals surface area contributed by atoms with E-state index in [0.29, 0.717) is 16.5 Å². The summed E-state index contributed by atoms with van der Waals surface area (Å²) in [5.41, 5.74) is 1.51. The second kappa shape index (κ2) is 8.92.